The van der Waals surface area contributed by atoms with Crippen LogP contribution in [0.1, 0.15) is 5.56 Å². The van der Waals surface area contributed by atoms with Crippen LogP contribution in [0.3, 0.4) is 0 Å². The quantitative estimate of drug-likeness (QED) is 0.581. The molecule has 0 unspecified atom stereocenters. The first-order chi connectivity index (χ1) is 9.54. The lowest BCUT2D eigenvalue weighted by Crippen LogP contribution is -2.10. The summed E-state index contributed by atoms with van der Waals surface area (Å²) < 4.78 is 31.4. The van der Waals surface area contributed by atoms with E-state index in [2.05, 4.69) is 34.5 Å². The molecule has 0 atom stereocenters. The molecule has 0 saturated heterocycles. The van der Waals surface area contributed by atoms with Crippen molar-refractivity contribution in [2.24, 2.45) is 0 Å². The summed E-state index contributed by atoms with van der Waals surface area (Å²) in [6.45, 7) is 0.892. The zero-order chi connectivity index (χ0) is 14.4. The summed E-state index contributed by atoms with van der Waals surface area (Å²) in [4.78, 5) is 0. The summed E-state index contributed by atoms with van der Waals surface area (Å²) >= 11 is 0. The van der Waals surface area contributed by atoms with Crippen molar-refractivity contribution in [3.63, 3.8) is 0 Å². The highest BCUT2D eigenvalue weighted by Gasteiger charge is 2.01. The number of hydrogen-bond acceptors (Lipinski definition) is 4. The van der Waals surface area contributed by atoms with Gasteiger partial charge in [-0.2, -0.15) is 8.42 Å². The zero-order valence-corrected chi connectivity index (χ0v) is 12.2. The Morgan fingerprint density at radius 1 is 0.950 bits per heavy atom. The van der Waals surface area contributed by atoms with E-state index in [0.717, 1.165) is 12.7 Å². The highest BCUT2D eigenvalue weighted by atomic mass is 32.2. The molecular weight excluding hydrogens is 276 g/mol. The maximum absolute atomic E-state index is 10.7. The average Bonchev–Trinajstić information content (AvgIpc) is 2.41. The standard InChI is InChI=1S/C15H18O4S/c1-20(16,17)19-11-10-18-9-8-13-6-7-14-4-2-3-5-15(14)12-13/h2-7,12H,8-11H2,1H3. The molecule has 0 amide bonds. The van der Waals surface area contributed by atoms with Gasteiger partial charge in [-0.3, -0.25) is 4.18 Å². The van der Waals surface area contributed by atoms with Crippen LogP contribution in [-0.2, 0) is 25.5 Å². The molecule has 0 bridgehead atoms. The minimum Gasteiger partial charge on any atom is -0.379 e. The number of benzene rings is 2. The number of hydrogen-bond donors (Lipinski definition) is 0. The van der Waals surface area contributed by atoms with Gasteiger partial charge >= 0.3 is 0 Å². The van der Waals surface area contributed by atoms with Crippen molar-refractivity contribution in [3.8, 4) is 0 Å². The second-order valence-electron chi connectivity index (χ2n) is 4.57. The molecule has 108 valence electrons. The normalized spacial score (nSPS) is 11.8. The topological polar surface area (TPSA) is 52.6 Å². The first-order valence-electron chi connectivity index (χ1n) is 6.44. The van der Waals surface area contributed by atoms with Crippen molar-refractivity contribution in [1.82, 2.24) is 0 Å². The maximum atomic E-state index is 10.7. The van der Waals surface area contributed by atoms with Gasteiger partial charge in [-0.15, -0.1) is 0 Å². The third-order valence-corrected chi connectivity index (χ3v) is 3.47. The summed E-state index contributed by atoms with van der Waals surface area (Å²) in [5.74, 6) is 0. The summed E-state index contributed by atoms with van der Waals surface area (Å²) in [7, 11) is -3.37. The van der Waals surface area contributed by atoms with E-state index in [9.17, 15) is 8.42 Å². The zero-order valence-electron chi connectivity index (χ0n) is 11.4. The monoisotopic (exact) mass is 294 g/mol. The fourth-order valence-electron chi connectivity index (χ4n) is 1.93. The molecule has 2 aromatic carbocycles. The summed E-state index contributed by atoms with van der Waals surface area (Å²) in [5.41, 5.74) is 1.20. The van der Waals surface area contributed by atoms with E-state index in [1.807, 2.05) is 12.1 Å². The Labute approximate surface area is 119 Å². The van der Waals surface area contributed by atoms with E-state index < -0.39 is 10.1 Å². The number of fused-ring (bicyclic) bond motifs is 1. The van der Waals surface area contributed by atoms with Gasteiger partial charge in [0.25, 0.3) is 10.1 Å². The highest BCUT2D eigenvalue weighted by Crippen LogP contribution is 2.15. The lowest BCUT2D eigenvalue weighted by atomic mass is 10.1. The Hall–Kier alpha value is -1.43. The van der Waals surface area contributed by atoms with E-state index in [1.54, 1.807) is 0 Å². The lowest BCUT2D eigenvalue weighted by Gasteiger charge is -2.06. The van der Waals surface area contributed by atoms with Gasteiger partial charge in [0, 0.05) is 0 Å². The third kappa shape index (κ3) is 4.92. The molecule has 0 aromatic heterocycles. The molecule has 0 aliphatic heterocycles. The molecule has 0 aliphatic carbocycles. The molecule has 0 aliphatic rings. The molecule has 0 spiro atoms. The van der Waals surface area contributed by atoms with Crippen molar-refractivity contribution in [2.75, 3.05) is 26.1 Å². The van der Waals surface area contributed by atoms with Gasteiger partial charge in [0.1, 0.15) is 0 Å². The minimum absolute atomic E-state index is 0.0660. The molecule has 4 nitrogen and oxygen atoms in total. The predicted molar refractivity (Wildman–Crippen MR) is 79.3 cm³/mol. The van der Waals surface area contributed by atoms with Crippen LogP contribution in [0.4, 0.5) is 0 Å². The smallest absolute Gasteiger partial charge is 0.264 e. The SMILES string of the molecule is CS(=O)(=O)OCCOCCc1ccc2ccccc2c1. The molecule has 2 rings (SSSR count). The van der Waals surface area contributed by atoms with E-state index >= 15 is 0 Å². The molecule has 0 radical (unpaired) electrons. The van der Waals surface area contributed by atoms with Gasteiger partial charge in [-0.1, -0.05) is 42.5 Å². The second kappa shape index (κ2) is 6.83. The lowest BCUT2D eigenvalue weighted by molar-refractivity contribution is 0.105. The molecule has 5 heteroatoms. The van der Waals surface area contributed by atoms with Crippen LogP contribution >= 0.6 is 0 Å². The second-order valence-corrected chi connectivity index (χ2v) is 6.21. The maximum Gasteiger partial charge on any atom is 0.264 e. The van der Waals surface area contributed by atoms with Crippen molar-refractivity contribution >= 4 is 20.9 Å². The molecule has 0 heterocycles. The molecular formula is C15H18O4S. The van der Waals surface area contributed by atoms with Crippen LogP contribution in [-0.4, -0.2) is 34.5 Å². The fraction of sp³-hybridized carbons (Fsp3) is 0.333. The molecule has 20 heavy (non-hydrogen) atoms. The Balaban J connectivity index is 1.76. The molecule has 0 saturated carbocycles. The van der Waals surface area contributed by atoms with Crippen LogP contribution in [0.2, 0.25) is 0 Å². The van der Waals surface area contributed by atoms with Crippen LogP contribution in [0.5, 0.6) is 0 Å². The first kappa shape index (κ1) is 15.0. The van der Waals surface area contributed by atoms with Crippen LogP contribution in [0, 0.1) is 0 Å². The fourth-order valence-corrected chi connectivity index (χ4v) is 2.30. The van der Waals surface area contributed by atoms with E-state index in [4.69, 9.17) is 4.74 Å². The van der Waals surface area contributed by atoms with Gasteiger partial charge in [0.05, 0.1) is 26.1 Å². The van der Waals surface area contributed by atoms with E-state index in [0.29, 0.717) is 6.61 Å². The van der Waals surface area contributed by atoms with Gasteiger partial charge in [0.2, 0.25) is 0 Å². The van der Waals surface area contributed by atoms with Crippen molar-refractivity contribution in [3.05, 3.63) is 48.0 Å². The van der Waals surface area contributed by atoms with E-state index in [1.165, 1.54) is 16.3 Å². The number of ether oxygens (including phenoxy) is 1. The summed E-state index contributed by atoms with van der Waals surface area (Å²) in [5, 5.41) is 2.43. The largest absolute Gasteiger partial charge is 0.379 e. The Morgan fingerprint density at radius 3 is 2.45 bits per heavy atom. The molecule has 0 N–H and O–H groups in total. The van der Waals surface area contributed by atoms with E-state index in [-0.39, 0.29) is 13.2 Å². The first-order valence-corrected chi connectivity index (χ1v) is 8.26. The average molecular weight is 294 g/mol. The van der Waals surface area contributed by atoms with Crippen molar-refractivity contribution in [1.29, 1.82) is 0 Å². The summed E-state index contributed by atoms with van der Waals surface area (Å²) in [6.07, 6.45) is 1.83. The van der Waals surface area contributed by atoms with Gasteiger partial charge in [0.15, 0.2) is 0 Å². The van der Waals surface area contributed by atoms with Crippen LogP contribution < -0.4 is 0 Å². The van der Waals surface area contributed by atoms with Crippen LogP contribution in [0.15, 0.2) is 42.5 Å². The van der Waals surface area contributed by atoms with Crippen LogP contribution in [0.25, 0.3) is 10.8 Å². The van der Waals surface area contributed by atoms with Crippen molar-refractivity contribution in [2.45, 2.75) is 6.42 Å². The molecule has 0 fully saturated rings. The van der Waals surface area contributed by atoms with Gasteiger partial charge in [-0.05, 0) is 22.8 Å². The predicted octanol–water partition coefficient (Wildman–Crippen LogP) is 2.38. The summed E-state index contributed by atoms with van der Waals surface area (Å²) in [6, 6.07) is 14.5. The van der Waals surface area contributed by atoms with Crippen molar-refractivity contribution < 1.29 is 17.3 Å². The van der Waals surface area contributed by atoms with Gasteiger partial charge in [-0.25, -0.2) is 0 Å². The Morgan fingerprint density at radius 2 is 1.70 bits per heavy atom. The Bertz CT molecular complexity index is 664. The minimum atomic E-state index is -3.37. The number of rotatable bonds is 7. The Kier molecular flexibility index (Phi) is 5.11. The third-order valence-electron chi connectivity index (χ3n) is 2.87. The highest BCUT2D eigenvalue weighted by molar-refractivity contribution is 7.85. The molecule has 2 aromatic rings. The van der Waals surface area contributed by atoms with Gasteiger partial charge < -0.3 is 4.74 Å².